The molecular formula is C17H23N3O2. The number of hydrogen-bond donors (Lipinski definition) is 3. The summed E-state index contributed by atoms with van der Waals surface area (Å²) in [6.45, 7) is 0. The van der Waals surface area contributed by atoms with Crippen molar-refractivity contribution in [2.45, 2.75) is 32.1 Å². The topological polar surface area (TPSA) is 70.2 Å². The number of rotatable bonds is 4. The van der Waals surface area contributed by atoms with Crippen molar-refractivity contribution in [1.29, 1.82) is 0 Å². The number of urea groups is 1. The molecule has 0 radical (unpaired) electrons. The number of carbonyl (C=O) groups is 2. The van der Waals surface area contributed by atoms with Gasteiger partial charge < -0.3 is 16.0 Å². The van der Waals surface area contributed by atoms with Crippen molar-refractivity contribution < 1.29 is 9.59 Å². The second kappa shape index (κ2) is 6.38. The van der Waals surface area contributed by atoms with Crippen LogP contribution in [0.15, 0.2) is 24.3 Å². The number of amides is 3. The molecule has 3 unspecified atom stereocenters. The van der Waals surface area contributed by atoms with Gasteiger partial charge in [-0.2, -0.15) is 0 Å². The van der Waals surface area contributed by atoms with E-state index < -0.39 is 0 Å². The van der Waals surface area contributed by atoms with E-state index in [9.17, 15) is 9.59 Å². The molecule has 2 aliphatic rings. The summed E-state index contributed by atoms with van der Waals surface area (Å²) in [6.07, 6.45) is 5.82. The SMILES string of the molecule is CNC(=O)Nc1cccc(NC(=O)CC2CC3CCC2C3)c1. The zero-order valence-corrected chi connectivity index (χ0v) is 12.9. The summed E-state index contributed by atoms with van der Waals surface area (Å²) in [6, 6.07) is 6.95. The van der Waals surface area contributed by atoms with E-state index >= 15 is 0 Å². The Kier molecular flexibility index (Phi) is 4.32. The minimum Gasteiger partial charge on any atom is -0.341 e. The Morgan fingerprint density at radius 3 is 2.55 bits per heavy atom. The minimum absolute atomic E-state index is 0.0784. The highest BCUT2D eigenvalue weighted by Gasteiger charge is 2.40. The van der Waals surface area contributed by atoms with Crippen LogP contribution in [0.2, 0.25) is 0 Å². The first-order chi connectivity index (χ1) is 10.6. The van der Waals surface area contributed by atoms with Gasteiger partial charge in [0.25, 0.3) is 0 Å². The first-order valence-corrected chi connectivity index (χ1v) is 8.02. The van der Waals surface area contributed by atoms with Gasteiger partial charge in [0, 0.05) is 24.8 Å². The van der Waals surface area contributed by atoms with Crippen LogP contribution >= 0.6 is 0 Å². The molecule has 0 heterocycles. The zero-order valence-electron chi connectivity index (χ0n) is 12.9. The van der Waals surface area contributed by atoms with Crippen molar-refractivity contribution in [2.75, 3.05) is 17.7 Å². The molecule has 2 aliphatic carbocycles. The second-order valence-corrected chi connectivity index (χ2v) is 6.47. The second-order valence-electron chi connectivity index (χ2n) is 6.47. The Morgan fingerprint density at radius 2 is 1.91 bits per heavy atom. The van der Waals surface area contributed by atoms with E-state index in [2.05, 4.69) is 16.0 Å². The molecule has 3 amide bonds. The predicted molar refractivity (Wildman–Crippen MR) is 86.7 cm³/mol. The molecule has 5 heteroatoms. The van der Waals surface area contributed by atoms with Crippen molar-refractivity contribution >= 4 is 23.3 Å². The average molecular weight is 301 g/mol. The molecule has 0 saturated heterocycles. The summed E-state index contributed by atoms with van der Waals surface area (Å²) < 4.78 is 0. The fraction of sp³-hybridized carbons (Fsp3) is 0.529. The van der Waals surface area contributed by atoms with Gasteiger partial charge >= 0.3 is 6.03 Å². The summed E-state index contributed by atoms with van der Waals surface area (Å²) in [4.78, 5) is 23.5. The number of hydrogen-bond acceptors (Lipinski definition) is 2. The quantitative estimate of drug-likeness (QED) is 0.799. The number of carbonyl (C=O) groups excluding carboxylic acids is 2. The molecule has 1 aromatic rings. The highest BCUT2D eigenvalue weighted by molar-refractivity contribution is 5.93. The van der Waals surface area contributed by atoms with E-state index in [4.69, 9.17) is 0 Å². The molecule has 2 fully saturated rings. The number of fused-ring (bicyclic) bond motifs is 2. The Bertz CT molecular complexity index is 573. The van der Waals surface area contributed by atoms with Crippen LogP contribution in [0, 0.1) is 17.8 Å². The Morgan fingerprint density at radius 1 is 1.14 bits per heavy atom. The van der Waals surface area contributed by atoms with Crippen LogP contribution in [0.1, 0.15) is 32.1 Å². The third-order valence-corrected chi connectivity index (χ3v) is 4.96. The molecule has 0 aromatic heterocycles. The van der Waals surface area contributed by atoms with E-state index in [1.807, 2.05) is 12.1 Å². The maximum absolute atomic E-state index is 12.2. The van der Waals surface area contributed by atoms with E-state index in [1.165, 1.54) is 25.7 Å². The number of benzene rings is 1. The summed E-state index contributed by atoms with van der Waals surface area (Å²) in [5.41, 5.74) is 1.39. The van der Waals surface area contributed by atoms with Gasteiger partial charge in [0.2, 0.25) is 5.91 Å². The van der Waals surface area contributed by atoms with Crippen molar-refractivity contribution in [3.8, 4) is 0 Å². The maximum atomic E-state index is 12.2. The van der Waals surface area contributed by atoms with Gasteiger partial charge in [0.15, 0.2) is 0 Å². The van der Waals surface area contributed by atoms with Crippen LogP contribution in [0.3, 0.4) is 0 Å². The van der Waals surface area contributed by atoms with Crippen LogP contribution in [0.4, 0.5) is 16.2 Å². The van der Waals surface area contributed by atoms with E-state index in [1.54, 1.807) is 19.2 Å². The Hall–Kier alpha value is -2.04. The summed E-state index contributed by atoms with van der Waals surface area (Å²) in [5.74, 6) is 2.26. The highest BCUT2D eigenvalue weighted by atomic mass is 16.2. The highest BCUT2D eigenvalue weighted by Crippen LogP contribution is 2.49. The minimum atomic E-state index is -0.273. The fourth-order valence-corrected chi connectivity index (χ4v) is 3.94. The lowest BCUT2D eigenvalue weighted by molar-refractivity contribution is -0.117. The van der Waals surface area contributed by atoms with Gasteiger partial charge in [-0.3, -0.25) is 4.79 Å². The number of nitrogens with one attached hydrogen (secondary N) is 3. The first-order valence-electron chi connectivity index (χ1n) is 8.02. The van der Waals surface area contributed by atoms with E-state index in [0.717, 1.165) is 17.5 Å². The normalized spacial score (nSPS) is 25.8. The first kappa shape index (κ1) is 14.9. The molecule has 5 nitrogen and oxygen atoms in total. The molecule has 1 aromatic carbocycles. The largest absolute Gasteiger partial charge is 0.341 e. The molecule has 3 atom stereocenters. The molecule has 2 bridgehead atoms. The molecule has 118 valence electrons. The smallest absolute Gasteiger partial charge is 0.318 e. The van der Waals surface area contributed by atoms with Crippen LogP contribution in [-0.2, 0) is 4.79 Å². The monoisotopic (exact) mass is 301 g/mol. The average Bonchev–Trinajstić information content (AvgIpc) is 3.10. The molecule has 3 rings (SSSR count). The van der Waals surface area contributed by atoms with Crippen LogP contribution in [0.5, 0.6) is 0 Å². The van der Waals surface area contributed by atoms with Crippen molar-refractivity contribution in [3.63, 3.8) is 0 Å². The molecule has 3 N–H and O–H groups in total. The lowest BCUT2D eigenvalue weighted by atomic mass is 9.86. The summed E-state index contributed by atoms with van der Waals surface area (Å²) in [7, 11) is 1.57. The lowest BCUT2D eigenvalue weighted by Crippen LogP contribution is -2.24. The Balaban J connectivity index is 1.55. The fourth-order valence-electron chi connectivity index (χ4n) is 3.94. The zero-order chi connectivity index (χ0) is 15.5. The molecule has 0 aliphatic heterocycles. The Labute approximate surface area is 130 Å². The summed E-state index contributed by atoms with van der Waals surface area (Å²) >= 11 is 0. The summed E-state index contributed by atoms with van der Waals surface area (Å²) in [5, 5.41) is 8.15. The standard InChI is InChI=1S/C17H23N3O2/c1-18-17(22)20-15-4-2-3-14(10-15)19-16(21)9-13-8-11-5-6-12(13)7-11/h2-4,10-13H,5-9H2,1H3,(H,19,21)(H2,18,20,22). The lowest BCUT2D eigenvalue weighted by Gasteiger charge is -2.21. The van der Waals surface area contributed by atoms with Gasteiger partial charge in [-0.05, 0) is 55.2 Å². The van der Waals surface area contributed by atoms with Crippen LogP contribution in [0.25, 0.3) is 0 Å². The molecular weight excluding hydrogens is 278 g/mol. The van der Waals surface area contributed by atoms with E-state index in [-0.39, 0.29) is 11.9 Å². The molecule has 0 spiro atoms. The van der Waals surface area contributed by atoms with E-state index in [0.29, 0.717) is 18.0 Å². The van der Waals surface area contributed by atoms with Gasteiger partial charge in [-0.25, -0.2) is 4.79 Å². The van der Waals surface area contributed by atoms with Crippen LogP contribution in [-0.4, -0.2) is 19.0 Å². The van der Waals surface area contributed by atoms with Gasteiger partial charge in [0.05, 0.1) is 0 Å². The van der Waals surface area contributed by atoms with Crippen molar-refractivity contribution in [1.82, 2.24) is 5.32 Å². The van der Waals surface area contributed by atoms with Crippen molar-refractivity contribution in [2.24, 2.45) is 17.8 Å². The van der Waals surface area contributed by atoms with Gasteiger partial charge in [0.1, 0.15) is 0 Å². The number of anilines is 2. The van der Waals surface area contributed by atoms with Crippen LogP contribution < -0.4 is 16.0 Å². The maximum Gasteiger partial charge on any atom is 0.318 e. The third kappa shape index (κ3) is 3.40. The molecule has 22 heavy (non-hydrogen) atoms. The predicted octanol–water partition coefficient (Wildman–Crippen LogP) is 3.20. The van der Waals surface area contributed by atoms with Gasteiger partial charge in [-0.1, -0.05) is 12.5 Å². The third-order valence-electron chi connectivity index (χ3n) is 4.96. The molecule has 2 saturated carbocycles. The van der Waals surface area contributed by atoms with Gasteiger partial charge in [-0.15, -0.1) is 0 Å². The van der Waals surface area contributed by atoms with Crippen molar-refractivity contribution in [3.05, 3.63) is 24.3 Å².